The predicted molar refractivity (Wildman–Crippen MR) is 120 cm³/mol. The first-order valence-electron chi connectivity index (χ1n) is 10.4. The Labute approximate surface area is 180 Å². The maximum atomic E-state index is 13.2. The van der Waals surface area contributed by atoms with Gasteiger partial charge in [-0.25, -0.2) is 14.4 Å². The Morgan fingerprint density at radius 3 is 2.84 bits per heavy atom. The lowest BCUT2D eigenvalue weighted by Crippen LogP contribution is -2.14. The highest BCUT2D eigenvalue weighted by Crippen LogP contribution is 2.29. The van der Waals surface area contributed by atoms with Crippen molar-refractivity contribution < 1.29 is 13.9 Å². The van der Waals surface area contributed by atoms with Crippen LogP contribution in [-0.2, 0) is 11.3 Å². The topological polar surface area (TPSA) is 69.0 Å². The maximum absolute atomic E-state index is 13.2. The van der Waals surface area contributed by atoms with Crippen LogP contribution in [0.15, 0.2) is 54.9 Å². The Morgan fingerprint density at radius 1 is 1.19 bits per heavy atom. The summed E-state index contributed by atoms with van der Waals surface area (Å²) in [7, 11) is 0. The SMILES string of the molecule is CC(C)Cn1cnc2c(NC(=O)CCCOc3cccc(F)c3)nc3ccccc3c21. The number of hydrogen-bond donors (Lipinski definition) is 1. The normalized spacial score (nSPS) is 11.4. The van der Waals surface area contributed by atoms with Crippen LogP contribution in [0.4, 0.5) is 10.2 Å². The number of amides is 1. The van der Waals surface area contributed by atoms with E-state index in [1.807, 2.05) is 24.3 Å². The lowest BCUT2D eigenvalue weighted by atomic mass is 10.1. The first-order valence-corrected chi connectivity index (χ1v) is 10.4. The van der Waals surface area contributed by atoms with Gasteiger partial charge in [-0.05, 0) is 30.5 Å². The molecule has 0 aliphatic heterocycles. The number of carbonyl (C=O) groups is 1. The van der Waals surface area contributed by atoms with Crippen molar-refractivity contribution in [2.45, 2.75) is 33.2 Å². The zero-order valence-corrected chi connectivity index (χ0v) is 17.6. The zero-order valence-electron chi connectivity index (χ0n) is 17.6. The van der Waals surface area contributed by atoms with Crippen molar-refractivity contribution >= 4 is 33.7 Å². The summed E-state index contributed by atoms with van der Waals surface area (Å²) in [5, 5.41) is 3.92. The summed E-state index contributed by atoms with van der Waals surface area (Å²) in [5.74, 6) is 0.866. The minimum Gasteiger partial charge on any atom is -0.493 e. The molecule has 0 radical (unpaired) electrons. The number of ether oxygens (including phenoxy) is 1. The minimum absolute atomic E-state index is 0.162. The Kier molecular flexibility index (Phi) is 6.11. The van der Waals surface area contributed by atoms with Crippen LogP contribution in [0.1, 0.15) is 26.7 Å². The Bertz CT molecular complexity index is 1220. The number of anilines is 1. The number of carbonyl (C=O) groups excluding carboxylic acids is 1. The van der Waals surface area contributed by atoms with Crippen LogP contribution in [0.2, 0.25) is 0 Å². The number of nitrogens with zero attached hydrogens (tertiary/aromatic N) is 3. The van der Waals surface area contributed by atoms with Crippen LogP contribution < -0.4 is 10.1 Å². The molecule has 0 spiro atoms. The Hall–Kier alpha value is -3.48. The summed E-state index contributed by atoms with van der Waals surface area (Å²) in [6.07, 6.45) is 2.57. The summed E-state index contributed by atoms with van der Waals surface area (Å²) in [5.41, 5.74) is 2.47. The van der Waals surface area contributed by atoms with Crippen LogP contribution in [0.25, 0.3) is 21.9 Å². The molecule has 0 atom stereocenters. The molecule has 0 fully saturated rings. The molecule has 1 amide bonds. The summed E-state index contributed by atoms with van der Waals surface area (Å²) in [6.45, 7) is 5.46. The van der Waals surface area contributed by atoms with E-state index >= 15 is 0 Å². The second-order valence-corrected chi connectivity index (χ2v) is 7.92. The van der Waals surface area contributed by atoms with Gasteiger partial charge < -0.3 is 14.6 Å². The second-order valence-electron chi connectivity index (χ2n) is 7.92. The molecular weight excluding hydrogens is 395 g/mol. The second kappa shape index (κ2) is 9.12. The zero-order chi connectivity index (χ0) is 21.8. The third-order valence-corrected chi connectivity index (χ3v) is 4.89. The lowest BCUT2D eigenvalue weighted by Gasteiger charge is -2.11. The van der Waals surface area contributed by atoms with Crippen LogP contribution in [0, 0.1) is 11.7 Å². The first kappa shape index (κ1) is 20.8. The van der Waals surface area contributed by atoms with Gasteiger partial charge in [0.05, 0.1) is 24.0 Å². The average Bonchev–Trinajstić information content (AvgIpc) is 3.15. The van der Waals surface area contributed by atoms with E-state index in [0.717, 1.165) is 23.0 Å². The molecule has 7 heteroatoms. The summed E-state index contributed by atoms with van der Waals surface area (Å²) < 4.78 is 20.8. The number of para-hydroxylation sites is 1. The van der Waals surface area contributed by atoms with E-state index in [1.165, 1.54) is 12.1 Å². The molecular formula is C24H25FN4O2. The molecule has 0 unspecified atom stereocenters. The number of rotatable bonds is 8. The standard InChI is InChI=1S/C24H25FN4O2/c1-16(2)14-29-15-26-22-23(29)19-9-3-4-10-20(19)27-24(22)28-21(30)11-6-12-31-18-8-5-7-17(25)13-18/h3-5,7-10,13,15-16H,6,11-12,14H2,1-2H3,(H,27,28,30). The lowest BCUT2D eigenvalue weighted by molar-refractivity contribution is -0.116. The Balaban J connectivity index is 1.48. The predicted octanol–water partition coefficient (Wildman–Crippen LogP) is 5.18. The fraction of sp³-hybridized carbons (Fsp3) is 0.292. The van der Waals surface area contributed by atoms with Crippen molar-refractivity contribution in [1.82, 2.24) is 14.5 Å². The third kappa shape index (κ3) is 4.82. The molecule has 31 heavy (non-hydrogen) atoms. The highest BCUT2D eigenvalue weighted by Gasteiger charge is 2.16. The molecule has 6 nitrogen and oxygen atoms in total. The summed E-state index contributed by atoms with van der Waals surface area (Å²) in [6, 6.07) is 13.8. The van der Waals surface area contributed by atoms with E-state index in [0.29, 0.717) is 36.0 Å². The number of nitrogens with one attached hydrogen (secondary N) is 1. The van der Waals surface area contributed by atoms with Gasteiger partial charge in [0.25, 0.3) is 0 Å². The van der Waals surface area contributed by atoms with Gasteiger partial charge in [-0.3, -0.25) is 4.79 Å². The maximum Gasteiger partial charge on any atom is 0.225 e. The van der Waals surface area contributed by atoms with E-state index in [2.05, 4.69) is 33.7 Å². The monoisotopic (exact) mass is 420 g/mol. The summed E-state index contributed by atoms with van der Waals surface area (Å²) in [4.78, 5) is 21.7. The van der Waals surface area contributed by atoms with E-state index in [9.17, 15) is 9.18 Å². The molecule has 0 saturated carbocycles. The highest BCUT2D eigenvalue weighted by atomic mass is 19.1. The number of halogens is 1. The van der Waals surface area contributed by atoms with Gasteiger partial charge in [0.15, 0.2) is 5.82 Å². The van der Waals surface area contributed by atoms with E-state index < -0.39 is 0 Å². The van der Waals surface area contributed by atoms with E-state index in [-0.39, 0.29) is 18.1 Å². The fourth-order valence-electron chi connectivity index (χ4n) is 3.58. The number of aromatic nitrogens is 3. The number of benzene rings is 2. The molecule has 4 aromatic rings. The van der Waals surface area contributed by atoms with Gasteiger partial charge in [0.1, 0.15) is 17.1 Å². The van der Waals surface area contributed by atoms with Crippen molar-refractivity contribution in [3.8, 4) is 5.75 Å². The third-order valence-electron chi connectivity index (χ3n) is 4.89. The number of imidazole rings is 1. The van der Waals surface area contributed by atoms with Crippen molar-refractivity contribution in [1.29, 1.82) is 0 Å². The molecule has 0 bridgehead atoms. The van der Waals surface area contributed by atoms with Crippen molar-refractivity contribution in [2.75, 3.05) is 11.9 Å². The molecule has 1 N–H and O–H groups in total. The van der Waals surface area contributed by atoms with Gasteiger partial charge >= 0.3 is 0 Å². The van der Waals surface area contributed by atoms with Crippen LogP contribution in [0.3, 0.4) is 0 Å². The van der Waals surface area contributed by atoms with Crippen LogP contribution in [-0.4, -0.2) is 27.0 Å². The van der Waals surface area contributed by atoms with Gasteiger partial charge in [-0.2, -0.15) is 0 Å². The molecule has 160 valence electrons. The van der Waals surface area contributed by atoms with E-state index in [4.69, 9.17) is 4.74 Å². The largest absolute Gasteiger partial charge is 0.493 e. The molecule has 2 aromatic heterocycles. The molecule has 4 rings (SSSR count). The smallest absolute Gasteiger partial charge is 0.225 e. The summed E-state index contributed by atoms with van der Waals surface area (Å²) >= 11 is 0. The van der Waals surface area contributed by atoms with E-state index in [1.54, 1.807) is 18.5 Å². The number of hydrogen-bond acceptors (Lipinski definition) is 4. The molecule has 0 aliphatic carbocycles. The molecule has 0 aliphatic rings. The van der Waals surface area contributed by atoms with Crippen molar-refractivity contribution in [2.24, 2.45) is 5.92 Å². The first-order chi connectivity index (χ1) is 15.0. The van der Waals surface area contributed by atoms with Gasteiger partial charge in [0, 0.05) is 24.4 Å². The molecule has 2 heterocycles. The van der Waals surface area contributed by atoms with Gasteiger partial charge in [0.2, 0.25) is 5.91 Å². The van der Waals surface area contributed by atoms with Gasteiger partial charge in [-0.1, -0.05) is 38.1 Å². The molecule has 2 aromatic carbocycles. The van der Waals surface area contributed by atoms with Crippen LogP contribution >= 0.6 is 0 Å². The highest BCUT2D eigenvalue weighted by molar-refractivity contribution is 6.09. The quantitative estimate of drug-likeness (QED) is 0.399. The average molecular weight is 420 g/mol. The Morgan fingerprint density at radius 2 is 2.03 bits per heavy atom. The van der Waals surface area contributed by atoms with Gasteiger partial charge in [-0.15, -0.1) is 0 Å². The molecule has 0 saturated heterocycles. The van der Waals surface area contributed by atoms with Crippen molar-refractivity contribution in [3.63, 3.8) is 0 Å². The number of pyridine rings is 1. The minimum atomic E-state index is -0.349. The van der Waals surface area contributed by atoms with Crippen molar-refractivity contribution in [3.05, 3.63) is 60.7 Å². The van der Waals surface area contributed by atoms with Crippen LogP contribution in [0.5, 0.6) is 5.75 Å². The fourth-order valence-corrected chi connectivity index (χ4v) is 3.58. The number of fused-ring (bicyclic) bond motifs is 3.